The van der Waals surface area contributed by atoms with E-state index in [1.165, 1.54) is 33.3 Å². The molecule has 2 aromatic rings. The number of ether oxygens (including phenoxy) is 4. The summed E-state index contributed by atoms with van der Waals surface area (Å²) in [5.41, 5.74) is 0.499. The van der Waals surface area contributed by atoms with E-state index in [0.717, 1.165) is 0 Å². The Hall–Kier alpha value is -3.04. The van der Waals surface area contributed by atoms with E-state index in [0.29, 0.717) is 24.0 Å². The Labute approximate surface area is 202 Å². The van der Waals surface area contributed by atoms with Gasteiger partial charge in [-0.1, -0.05) is 23.2 Å². The van der Waals surface area contributed by atoms with Crippen LogP contribution >= 0.6 is 23.2 Å². The summed E-state index contributed by atoms with van der Waals surface area (Å²) in [5.74, 6) is -0.139. The molecule has 1 atom stereocenters. The summed E-state index contributed by atoms with van der Waals surface area (Å²) >= 11 is 12.5. The molecule has 0 fully saturated rings. The molecular formula is C22H25Cl2N3O6. The van der Waals surface area contributed by atoms with Crippen molar-refractivity contribution in [1.82, 2.24) is 0 Å². The van der Waals surface area contributed by atoms with E-state index in [9.17, 15) is 9.59 Å². The number of carbonyl (C=O) groups is 2. The number of amides is 1. The lowest BCUT2D eigenvalue weighted by Crippen LogP contribution is -2.32. The highest BCUT2D eigenvalue weighted by atomic mass is 35.5. The number of methoxy groups -OCH3 is 2. The minimum Gasteiger partial charge on any atom is -0.492 e. The number of hydrogen-bond acceptors (Lipinski definition) is 8. The van der Waals surface area contributed by atoms with Crippen LogP contribution in [-0.4, -0.2) is 45.2 Å². The van der Waals surface area contributed by atoms with Crippen molar-refractivity contribution in [1.29, 1.82) is 0 Å². The van der Waals surface area contributed by atoms with Crippen LogP contribution in [0, 0.1) is 0 Å². The van der Waals surface area contributed by atoms with E-state index in [1.54, 1.807) is 19.1 Å². The zero-order chi connectivity index (χ0) is 24.5. The van der Waals surface area contributed by atoms with Crippen LogP contribution in [0.5, 0.6) is 23.0 Å². The number of nitrogens with one attached hydrogen (secondary N) is 1. The van der Waals surface area contributed by atoms with Crippen LogP contribution in [0.2, 0.25) is 10.0 Å². The Morgan fingerprint density at radius 3 is 2.21 bits per heavy atom. The second-order valence-electron chi connectivity index (χ2n) is 6.47. The standard InChI is InChI=1S/C22H25Cl2N3O6/c1-6-32-16-11-10-15(20(17(16)24)33-7-2)26-27-18(12(3)28)22(29)25-14-9-8-13(23)19(30-4)21(14)31-5/h8-11,18H,6-7H2,1-5H3,(H,25,29). The Morgan fingerprint density at radius 2 is 1.64 bits per heavy atom. The summed E-state index contributed by atoms with van der Waals surface area (Å²) in [7, 11) is 2.82. The van der Waals surface area contributed by atoms with Crippen LogP contribution < -0.4 is 24.3 Å². The molecule has 178 valence electrons. The van der Waals surface area contributed by atoms with Crippen LogP contribution in [-0.2, 0) is 9.59 Å². The molecule has 2 aromatic carbocycles. The average Bonchev–Trinajstić information content (AvgIpc) is 2.78. The molecule has 0 aliphatic carbocycles. The average molecular weight is 498 g/mol. The minimum atomic E-state index is -1.43. The Balaban J connectivity index is 2.36. The Kier molecular flexibility index (Phi) is 9.74. The highest BCUT2D eigenvalue weighted by Gasteiger charge is 2.26. The van der Waals surface area contributed by atoms with E-state index in [2.05, 4.69) is 15.5 Å². The first kappa shape index (κ1) is 26.2. The molecule has 0 spiro atoms. The number of carbonyl (C=O) groups excluding carboxylic acids is 2. The van der Waals surface area contributed by atoms with Gasteiger partial charge in [0, 0.05) is 0 Å². The van der Waals surface area contributed by atoms with Gasteiger partial charge in [0.15, 0.2) is 23.0 Å². The molecule has 9 nitrogen and oxygen atoms in total. The first-order chi connectivity index (χ1) is 15.8. The van der Waals surface area contributed by atoms with Gasteiger partial charge in [-0.2, -0.15) is 10.2 Å². The highest BCUT2D eigenvalue weighted by molar-refractivity contribution is 6.34. The summed E-state index contributed by atoms with van der Waals surface area (Å²) in [6.07, 6.45) is 0. The molecule has 0 saturated carbocycles. The van der Waals surface area contributed by atoms with Gasteiger partial charge in [0.05, 0.1) is 38.1 Å². The number of azo groups is 1. The second-order valence-corrected chi connectivity index (χ2v) is 7.26. The van der Waals surface area contributed by atoms with Crippen molar-refractivity contribution in [2.45, 2.75) is 26.8 Å². The molecule has 2 rings (SSSR count). The highest BCUT2D eigenvalue weighted by Crippen LogP contribution is 2.42. The third-order valence-corrected chi connectivity index (χ3v) is 4.93. The van der Waals surface area contributed by atoms with Gasteiger partial charge < -0.3 is 24.3 Å². The summed E-state index contributed by atoms with van der Waals surface area (Å²) < 4.78 is 21.6. The number of Topliss-reactive ketones (excluding diaryl/α,β-unsaturated/α-hetero) is 1. The fraction of sp³-hybridized carbons (Fsp3) is 0.364. The number of halogens is 2. The van der Waals surface area contributed by atoms with Crippen molar-refractivity contribution >= 4 is 46.3 Å². The fourth-order valence-electron chi connectivity index (χ4n) is 2.82. The number of ketones is 1. The SMILES string of the molecule is CCOc1ccc(N=NC(C(C)=O)C(=O)Nc2ccc(Cl)c(OC)c2OC)c(OCC)c1Cl. The van der Waals surface area contributed by atoms with Crippen molar-refractivity contribution in [2.75, 3.05) is 32.8 Å². The maximum absolute atomic E-state index is 12.9. The van der Waals surface area contributed by atoms with E-state index >= 15 is 0 Å². The molecule has 1 amide bonds. The molecule has 0 aliphatic heterocycles. The van der Waals surface area contributed by atoms with Gasteiger partial charge in [-0.05, 0) is 45.0 Å². The fourth-order valence-corrected chi connectivity index (χ4v) is 3.32. The van der Waals surface area contributed by atoms with Crippen LogP contribution in [0.15, 0.2) is 34.5 Å². The predicted molar refractivity (Wildman–Crippen MR) is 126 cm³/mol. The maximum Gasteiger partial charge on any atom is 0.258 e. The minimum absolute atomic E-state index is 0.203. The third-order valence-electron chi connectivity index (χ3n) is 4.27. The van der Waals surface area contributed by atoms with Gasteiger partial charge in [-0.15, -0.1) is 0 Å². The lowest BCUT2D eigenvalue weighted by molar-refractivity contribution is -0.126. The van der Waals surface area contributed by atoms with Gasteiger partial charge in [0.25, 0.3) is 5.91 Å². The predicted octanol–water partition coefficient (Wildman–Crippen LogP) is 5.49. The molecule has 1 N–H and O–H groups in total. The van der Waals surface area contributed by atoms with E-state index in [4.69, 9.17) is 42.1 Å². The zero-order valence-corrected chi connectivity index (χ0v) is 20.4. The maximum atomic E-state index is 12.9. The normalized spacial score (nSPS) is 11.7. The zero-order valence-electron chi connectivity index (χ0n) is 18.9. The number of anilines is 1. The quantitative estimate of drug-likeness (QED) is 0.324. The largest absolute Gasteiger partial charge is 0.492 e. The van der Waals surface area contributed by atoms with Crippen molar-refractivity contribution in [2.24, 2.45) is 10.2 Å². The lowest BCUT2D eigenvalue weighted by atomic mass is 10.2. The summed E-state index contributed by atoms with van der Waals surface area (Å²) in [6.45, 7) is 5.57. The number of benzene rings is 2. The van der Waals surface area contributed by atoms with Crippen LogP contribution in [0.3, 0.4) is 0 Å². The molecule has 0 heterocycles. The van der Waals surface area contributed by atoms with Crippen molar-refractivity contribution in [3.8, 4) is 23.0 Å². The first-order valence-corrected chi connectivity index (χ1v) is 10.7. The van der Waals surface area contributed by atoms with Crippen LogP contribution in [0.1, 0.15) is 20.8 Å². The monoisotopic (exact) mass is 497 g/mol. The van der Waals surface area contributed by atoms with Gasteiger partial charge in [0.2, 0.25) is 6.04 Å². The Bertz CT molecular complexity index is 1050. The van der Waals surface area contributed by atoms with E-state index in [1.807, 2.05) is 6.92 Å². The molecule has 1 unspecified atom stereocenters. The van der Waals surface area contributed by atoms with Gasteiger partial charge >= 0.3 is 0 Å². The summed E-state index contributed by atoms with van der Waals surface area (Å²) in [6, 6.07) is 4.80. The van der Waals surface area contributed by atoms with Crippen LogP contribution in [0.4, 0.5) is 11.4 Å². The molecule has 33 heavy (non-hydrogen) atoms. The molecule has 0 aliphatic rings. The molecule has 0 bridgehead atoms. The van der Waals surface area contributed by atoms with Gasteiger partial charge in [-0.3, -0.25) is 9.59 Å². The number of rotatable bonds is 11. The topological polar surface area (TPSA) is 108 Å². The van der Waals surface area contributed by atoms with Gasteiger partial charge in [-0.25, -0.2) is 0 Å². The number of hydrogen-bond donors (Lipinski definition) is 1. The molecule has 0 aromatic heterocycles. The summed E-state index contributed by atoms with van der Waals surface area (Å²) in [5, 5.41) is 11.1. The van der Waals surface area contributed by atoms with E-state index < -0.39 is 17.7 Å². The smallest absolute Gasteiger partial charge is 0.258 e. The first-order valence-electron chi connectivity index (χ1n) is 9.99. The second kappa shape index (κ2) is 12.3. The van der Waals surface area contributed by atoms with Crippen molar-refractivity contribution < 1.29 is 28.5 Å². The third kappa shape index (κ3) is 6.27. The van der Waals surface area contributed by atoms with Crippen molar-refractivity contribution in [3.63, 3.8) is 0 Å². The van der Waals surface area contributed by atoms with Crippen molar-refractivity contribution in [3.05, 3.63) is 34.3 Å². The molecule has 0 radical (unpaired) electrons. The van der Waals surface area contributed by atoms with E-state index in [-0.39, 0.29) is 33.6 Å². The molecule has 11 heteroatoms. The lowest BCUT2D eigenvalue weighted by Gasteiger charge is -2.16. The number of nitrogens with zero attached hydrogens (tertiary/aromatic N) is 2. The molecular weight excluding hydrogens is 473 g/mol. The van der Waals surface area contributed by atoms with Crippen LogP contribution in [0.25, 0.3) is 0 Å². The Morgan fingerprint density at radius 1 is 0.970 bits per heavy atom. The van der Waals surface area contributed by atoms with Gasteiger partial charge in [0.1, 0.15) is 16.5 Å². The summed E-state index contributed by atoms with van der Waals surface area (Å²) in [4.78, 5) is 25.0. The molecule has 0 saturated heterocycles.